The number of nitrogen functional groups attached to an aromatic ring is 1. The van der Waals surface area contributed by atoms with Crippen molar-refractivity contribution in [2.45, 2.75) is 45.6 Å². The summed E-state index contributed by atoms with van der Waals surface area (Å²) in [5.74, 6) is 1.54. The summed E-state index contributed by atoms with van der Waals surface area (Å²) in [6.45, 7) is 4.42. The van der Waals surface area contributed by atoms with Crippen LogP contribution in [0.15, 0.2) is 6.07 Å². The summed E-state index contributed by atoms with van der Waals surface area (Å²) in [7, 11) is 0. The van der Waals surface area contributed by atoms with Crippen molar-refractivity contribution in [3.63, 3.8) is 0 Å². The quantitative estimate of drug-likeness (QED) is 0.744. The van der Waals surface area contributed by atoms with Gasteiger partial charge in [0.15, 0.2) is 0 Å². The summed E-state index contributed by atoms with van der Waals surface area (Å²) in [4.78, 5) is 0. The average Bonchev–Trinajstić information content (AvgIpc) is 2.47. The Kier molecular flexibility index (Phi) is 2.48. The fraction of sp³-hybridized carbons (Fsp3) is 0.727. The lowest BCUT2D eigenvalue weighted by Crippen LogP contribution is -2.18. The maximum Gasteiger partial charge on any atom is 0.145 e. The van der Waals surface area contributed by atoms with Gasteiger partial charge in [0.2, 0.25) is 0 Å². The van der Waals surface area contributed by atoms with Gasteiger partial charge in [-0.2, -0.15) is 5.10 Å². The third-order valence-corrected chi connectivity index (χ3v) is 3.27. The Morgan fingerprint density at radius 3 is 2.50 bits per heavy atom. The van der Waals surface area contributed by atoms with Gasteiger partial charge in [-0.15, -0.1) is 0 Å². The Labute approximate surface area is 85.3 Å². The van der Waals surface area contributed by atoms with Gasteiger partial charge in [-0.3, -0.25) is 4.68 Å². The predicted molar refractivity (Wildman–Crippen MR) is 58.0 cm³/mol. The van der Waals surface area contributed by atoms with Gasteiger partial charge in [-0.25, -0.2) is 0 Å². The molecule has 1 heterocycles. The van der Waals surface area contributed by atoms with Crippen molar-refractivity contribution in [3.8, 4) is 0 Å². The highest BCUT2D eigenvalue weighted by Crippen LogP contribution is 2.32. The molecule has 3 heteroatoms. The van der Waals surface area contributed by atoms with Crippen LogP contribution in [0.3, 0.4) is 0 Å². The van der Waals surface area contributed by atoms with E-state index < -0.39 is 0 Å². The molecule has 1 aliphatic carbocycles. The maximum atomic E-state index is 5.68. The topological polar surface area (TPSA) is 43.8 Å². The minimum Gasteiger partial charge on any atom is -0.382 e. The number of aromatic nitrogens is 2. The molecule has 0 bridgehead atoms. The fourth-order valence-electron chi connectivity index (χ4n) is 2.37. The molecule has 78 valence electrons. The Bertz CT molecular complexity index is 308. The van der Waals surface area contributed by atoms with Crippen LogP contribution in [0.2, 0.25) is 0 Å². The highest BCUT2D eigenvalue weighted by atomic mass is 15.3. The van der Waals surface area contributed by atoms with E-state index in [1.54, 1.807) is 0 Å². The number of rotatable bonds is 1. The van der Waals surface area contributed by atoms with Crippen LogP contribution < -0.4 is 5.73 Å². The van der Waals surface area contributed by atoms with Crippen LogP contribution in [-0.2, 0) is 0 Å². The zero-order chi connectivity index (χ0) is 10.1. The van der Waals surface area contributed by atoms with Crippen LogP contribution >= 0.6 is 0 Å². The second-order valence-electron chi connectivity index (χ2n) is 4.57. The van der Waals surface area contributed by atoms with E-state index in [1.165, 1.54) is 31.4 Å². The second kappa shape index (κ2) is 3.64. The number of hydrogen-bond donors (Lipinski definition) is 1. The van der Waals surface area contributed by atoms with Crippen LogP contribution in [0, 0.1) is 12.8 Å². The van der Waals surface area contributed by atoms with Crippen LogP contribution in [0.25, 0.3) is 0 Å². The molecule has 14 heavy (non-hydrogen) atoms. The second-order valence-corrected chi connectivity index (χ2v) is 4.57. The molecular weight excluding hydrogens is 174 g/mol. The van der Waals surface area contributed by atoms with Crippen molar-refractivity contribution < 1.29 is 0 Å². The van der Waals surface area contributed by atoms with Gasteiger partial charge in [0, 0.05) is 11.8 Å². The molecule has 0 amide bonds. The lowest BCUT2D eigenvalue weighted by atomic mass is 9.87. The SMILES string of the molecule is Cc1cc(N)nn1C1CCC(C)CC1. The first-order valence-corrected chi connectivity index (χ1v) is 5.48. The molecule has 1 aliphatic rings. The Hall–Kier alpha value is -0.990. The molecule has 1 aromatic rings. The first-order chi connectivity index (χ1) is 6.66. The molecule has 2 N–H and O–H groups in total. The number of anilines is 1. The van der Waals surface area contributed by atoms with Gasteiger partial charge < -0.3 is 5.73 Å². The molecule has 1 saturated carbocycles. The van der Waals surface area contributed by atoms with Crippen molar-refractivity contribution in [2.75, 3.05) is 5.73 Å². The Morgan fingerprint density at radius 2 is 2.00 bits per heavy atom. The molecule has 1 fully saturated rings. The van der Waals surface area contributed by atoms with E-state index in [0.717, 1.165) is 5.92 Å². The monoisotopic (exact) mass is 193 g/mol. The highest BCUT2D eigenvalue weighted by molar-refractivity contribution is 5.29. The van der Waals surface area contributed by atoms with Gasteiger partial charge in [-0.1, -0.05) is 6.92 Å². The summed E-state index contributed by atoms with van der Waals surface area (Å²) >= 11 is 0. The molecule has 0 spiro atoms. The van der Waals surface area contributed by atoms with Crippen LogP contribution in [0.4, 0.5) is 5.82 Å². The summed E-state index contributed by atoms with van der Waals surface area (Å²) in [5.41, 5.74) is 6.88. The van der Waals surface area contributed by atoms with E-state index in [0.29, 0.717) is 11.9 Å². The number of nitrogens with two attached hydrogens (primary N) is 1. The van der Waals surface area contributed by atoms with Gasteiger partial charge in [0.05, 0.1) is 6.04 Å². The van der Waals surface area contributed by atoms with E-state index in [1.807, 2.05) is 6.07 Å². The lowest BCUT2D eigenvalue weighted by molar-refractivity contribution is 0.271. The first kappa shape index (κ1) is 9.56. The maximum absolute atomic E-state index is 5.68. The van der Waals surface area contributed by atoms with Crippen molar-refractivity contribution in [1.29, 1.82) is 0 Å². The third kappa shape index (κ3) is 1.76. The minimum absolute atomic E-state index is 0.587. The van der Waals surface area contributed by atoms with E-state index in [2.05, 4.69) is 23.6 Å². The van der Waals surface area contributed by atoms with E-state index in [9.17, 15) is 0 Å². The van der Waals surface area contributed by atoms with E-state index in [-0.39, 0.29) is 0 Å². The van der Waals surface area contributed by atoms with Gasteiger partial charge in [-0.05, 0) is 38.5 Å². The zero-order valence-electron chi connectivity index (χ0n) is 9.03. The fourth-order valence-corrected chi connectivity index (χ4v) is 2.37. The third-order valence-electron chi connectivity index (χ3n) is 3.27. The molecule has 0 atom stereocenters. The summed E-state index contributed by atoms with van der Waals surface area (Å²) in [6, 6.07) is 2.54. The molecule has 0 radical (unpaired) electrons. The summed E-state index contributed by atoms with van der Waals surface area (Å²) < 4.78 is 2.11. The van der Waals surface area contributed by atoms with Crippen LogP contribution in [0.5, 0.6) is 0 Å². The summed E-state index contributed by atoms with van der Waals surface area (Å²) in [6.07, 6.45) is 5.15. The van der Waals surface area contributed by atoms with Gasteiger partial charge in [0.1, 0.15) is 5.82 Å². The molecule has 0 aliphatic heterocycles. The number of nitrogens with zero attached hydrogens (tertiary/aromatic N) is 2. The Balaban J connectivity index is 2.11. The highest BCUT2D eigenvalue weighted by Gasteiger charge is 2.21. The number of aryl methyl sites for hydroxylation is 1. The number of hydrogen-bond acceptors (Lipinski definition) is 2. The van der Waals surface area contributed by atoms with Crippen molar-refractivity contribution >= 4 is 5.82 Å². The predicted octanol–water partition coefficient (Wildman–Crippen LogP) is 2.52. The van der Waals surface area contributed by atoms with Gasteiger partial charge >= 0.3 is 0 Å². The van der Waals surface area contributed by atoms with Crippen molar-refractivity contribution in [2.24, 2.45) is 5.92 Å². The normalized spacial score (nSPS) is 27.9. The first-order valence-electron chi connectivity index (χ1n) is 5.48. The van der Waals surface area contributed by atoms with Crippen molar-refractivity contribution in [1.82, 2.24) is 9.78 Å². The molecular formula is C11H19N3. The Morgan fingerprint density at radius 1 is 1.36 bits per heavy atom. The molecule has 0 aromatic carbocycles. The molecule has 0 unspecified atom stereocenters. The smallest absolute Gasteiger partial charge is 0.145 e. The lowest BCUT2D eigenvalue weighted by Gasteiger charge is -2.27. The molecule has 1 aromatic heterocycles. The van der Waals surface area contributed by atoms with Crippen LogP contribution in [-0.4, -0.2) is 9.78 Å². The minimum atomic E-state index is 0.587. The molecule has 0 saturated heterocycles. The van der Waals surface area contributed by atoms with Crippen LogP contribution in [0.1, 0.15) is 44.3 Å². The standard InChI is InChI=1S/C11H19N3/c1-8-3-5-10(6-4-8)14-9(2)7-11(12)13-14/h7-8,10H,3-6H2,1-2H3,(H2,12,13). The van der Waals surface area contributed by atoms with E-state index >= 15 is 0 Å². The summed E-state index contributed by atoms with van der Waals surface area (Å²) in [5, 5.41) is 4.35. The average molecular weight is 193 g/mol. The van der Waals surface area contributed by atoms with E-state index in [4.69, 9.17) is 5.73 Å². The van der Waals surface area contributed by atoms with Crippen molar-refractivity contribution in [3.05, 3.63) is 11.8 Å². The largest absolute Gasteiger partial charge is 0.382 e. The molecule has 3 nitrogen and oxygen atoms in total. The molecule has 2 rings (SSSR count). The zero-order valence-corrected chi connectivity index (χ0v) is 9.03. The van der Waals surface area contributed by atoms with Gasteiger partial charge in [0.25, 0.3) is 0 Å².